The van der Waals surface area contributed by atoms with E-state index in [0.29, 0.717) is 0 Å². The Bertz CT molecular complexity index is 448. The van der Waals surface area contributed by atoms with Gasteiger partial charge in [0.05, 0.1) is 6.42 Å². The lowest BCUT2D eigenvalue weighted by molar-refractivity contribution is -0.324. The van der Waals surface area contributed by atoms with Crippen LogP contribution in [0.5, 0.6) is 0 Å². The molecule has 0 aromatic heterocycles. The van der Waals surface area contributed by atoms with E-state index in [-0.39, 0.29) is 6.42 Å². The van der Waals surface area contributed by atoms with Crippen molar-refractivity contribution < 1.29 is 46.5 Å². The van der Waals surface area contributed by atoms with Crippen LogP contribution in [0.4, 0.5) is 13.2 Å². The van der Waals surface area contributed by atoms with Crippen molar-refractivity contribution in [2.75, 3.05) is 0 Å². The molecule has 0 aromatic rings. The molecule has 0 aliphatic carbocycles. The van der Waals surface area contributed by atoms with Crippen LogP contribution in [-0.2, 0) is 33.3 Å². The smallest absolute Gasteiger partial charge is 0.418 e. The van der Waals surface area contributed by atoms with E-state index in [1.165, 1.54) is 0 Å². The number of halogens is 3. The van der Waals surface area contributed by atoms with Crippen LogP contribution in [0.2, 0.25) is 0 Å². The van der Waals surface area contributed by atoms with E-state index in [9.17, 15) is 27.6 Å². The van der Waals surface area contributed by atoms with Gasteiger partial charge in [-0.05, 0) is 0 Å². The highest BCUT2D eigenvalue weighted by molar-refractivity contribution is 5.67. The number of ether oxygens (including phenoxy) is 4. The van der Waals surface area contributed by atoms with E-state index >= 15 is 0 Å². The lowest BCUT2D eigenvalue weighted by atomic mass is 10.00. The van der Waals surface area contributed by atoms with Gasteiger partial charge in [-0.2, -0.15) is 13.2 Å². The van der Waals surface area contributed by atoms with Crippen LogP contribution in [0.3, 0.4) is 0 Å². The van der Waals surface area contributed by atoms with E-state index in [1.807, 2.05) is 0 Å². The Morgan fingerprint density at radius 1 is 0.955 bits per heavy atom. The van der Waals surface area contributed by atoms with Gasteiger partial charge in [-0.25, -0.2) is 0 Å². The minimum atomic E-state index is -4.92. The maximum absolute atomic E-state index is 13.1. The Balaban J connectivity index is 3.07. The number of hydrogen-bond acceptors (Lipinski definition) is 7. The first-order valence-corrected chi connectivity index (χ1v) is 6.24. The zero-order valence-electron chi connectivity index (χ0n) is 12.0. The van der Waals surface area contributed by atoms with E-state index in [0.717, 1.165) is 20.8 Å². The molecule has 1 rings (SSSR count). The Kier molecular flexibility index (Phi) is 5.75. The van der Waals surface area contributed by atoms with Crippen molar-refractivity contribution in [3.63, 3.8) is 0 Å². The van der Waals surface area contributed by atoms with E-state index in [1.54, 1.807) is 0 Å². The molecule has 0 spiro atoms. The van der Waals surface area contributed by atoms with E-state index < -0.39 is 48.7 Å². The van der Waals surface area contributed by atoms with Crippen LogP contribution in [-0.4, -0.2) is 48.7 Å². The lowest BCUT2D eigenvalue weighted by Crippen LogP contribution is -2.57. The second-order valence-corrected chi connectivity index (χ2v) is 4.59. The molecule has 0 aromatic carbocycles. The summed E-state index contributed by atoms with van der Waals surface area (Å²) in [4.78, 5) is 32.9. The molecular weight excluding hydrogens is 313 g/mol. The van der Waals surface area contributed by atoms with Crippen molar-refractivity contribution in [1.82, 2.24) is 0 Å². The topological polar surface area (TPSA) is 88.1 Å². The molecule has 0 bridgehead atoms. The summed E-state index contributed by atoms with van der Waals surface area (Å²) in [5.41, 5.74) is 0. The fourth-order valence-electron chi connectivity index (χ4n) is 2.00. The zero-order chi connectivity index (χ0) is 17.1. The number of carbonyl (C=O) groups is 3. The van der Waals surface area contributed by atoms with Gasteiger partial charge < -0.3 is 18.9 Å². The fraction of sp³-hybridized carbons (Fsp3) is 0.750. The maximum atomic E-state index is 13.1. The average molecular weight is 328 g/mol. The molecule has 1 aliphatic rings. The Labute approximate surface area is 123 Å². The zero-order valence-corrected chi connectivity index (χ0v) is 12.0. The summed E-state index contributed by atoms with van der Waals surface area (Å²) in [6, 6.07) is 0. The number of alkyl halides is 3. The molecule has 1 aliphatic heterocycles. The number of esters is 3. The molecule has 1 saturated heterocycles. The molecule has 7 nitrogen and oxygen atoms in total. The highest BCUT2D eigenvalue weighted by atomic mass is 19.4. The summed E-state index contributed by atoms with van der Waals surface area (Å²) < 4.78 is 57.8. The molecular formula is C12H15F3O7. The molecule has 0 radical (unpaired) electrons. The molecule has 0 amide bonds. The molecule has 1 fully saturated rings. The summed E-state index contributed by atoms with van der Waals surface area (Å²) in [7, 11) is 0. The Morgan fingerprint density at radius 2 is 1.45 bits per heavy atom. The SMILES string of the molecule is CC(=O)OC1C[C@H](OC(C)=O)[C@H](OC(C)=O)[C@H](C(F)(F)F)O1. The van der Waals surface area contributed by atoms with Crippen molar-refractivity contribution in [1.29, 1.82) is 0 Å². The van der Waals surface area contributed by atoms with Gasteiger partial charge in [0.15, 0.2) is 12.2 Å². The third kappa shape index (κ3) is 5.17. The molecule has 10 heteroatoms. The second-order valence-electron chi connectivity index (χ2n) is 4.59. The minimum absolute atomic E-state index is 0.385. The number of carbonyl (C=O) groups excluding carboxylic acids is 3. The van der Waals surface area contributed by atoms with Crippen molar-refractivity contribution in [3.05, 3.63) is 0 Å². The van der Waals surface area contributed by atoms with Gasteiger partial charge in [-0.1, -0.05) is 0 Å². The van der Waals surface area contributed by atoms with Crippen LogP contribution in [0.25, 0.3) is 0 Å². The fourth-order valence-corrected chi connectivity index (χ4v) is 2.00. The van der Waals surface area contributed by atoms with Gasteiger partial charge in [0.25, 0.3) is 0 Å². The summed E-state index contributed by atoms with van der Waals surface area (Å²) >= 11 is 0. The first kappa shape index (κ1) is 18.2. The van der Waals surface area contributed by atoms with Crippen LogP contribution >= 0.6 is 0 Å². The van der Waals surface area contributed by atoms with Crippen LogP contribution in [0.1, 0.15) is 27.2 Å². The Hall–Kier alpha value is -1.84. The van der Waals surface area contributed by atoms with Crippen LogP contribution in [0, 0.1) is 0 Å². The maximum Gasteiger partial charge on any atom is 0.418 e. The molecule has 1 unspecified atom stereocenters. The lowest BCUT2D eigenvalue weighted by Gasteiger charge is -2.40. The Morgan fingerprint density at radius 3 is 1.86 bits per heavy atom. The molecule has 0 saturated carbocycles. The van der Waals surface area contributed by atoms with Crippen molar-refractivity contribution in [2.24, 2.45) is 0 Å². The van der Waals surface area contributed by atoms with Gasteiger partial charge >= 0.3 is 24.1 Å². The first-order chi connectivity index (χ1) is 10.0. The quantitative estimate of drug-likeness (QED) is 0.566. The third-order valence-corrected chi connectivity index (χ3v) is 2.63. The highest BCUT2D eigenvalue weighted by Gasteiger charge is 2.56. The molecule has 4 atom stereocenters. The summed E-state index contributed by atoms with van der Waals surface area (Å²) in [5.74, 6) is -2.73. The van der Waals surface area contributed by atoms with Crippen molar-refractivity contribution in [3.8, 4) is 0 Å². The van der Waals surface area contributed by atoms with Crippen molar-refractivity contribution >= 4 is 17.9 Å². The van der Waals surface area contributed by atoms with Gasteiger partial charge in [0.1, 0.15) is 6.10 Å². The number of rotatable bonds is 3. The largest absolute Gasteiger partial charge is 0.458 e. The molecule has 0 N–H and O–H groups in total. The van der Waals surface area contributed by atoms with Gasteiger partial charge in [-0.15, -0.1) is 0 Å². The standard InChI is InChI=1S/C12H15F3O7/c1-5(16)19-8-4-9(20-6(2)17)22-11(12(13,14)15)10(8)21-7(3)18/h8-11H,4H2,1-3H3/t8-,9?,10-,11+/m0/s1. The van der Waals surface area contributed by atoms with Crippen LogP contribution in [0.15, 0.2) is 0 Å². The van der Waals surface area contributed by atoms with Crippen molar-refractivity contribution in [2.45, 2.75) is 58.0 Å². The minimum Gasteiger partial charge on any atom is -0.458 e. The summed E-state index contributed by atoms with van der Waals surface area (Å²) in [6.07, 6.45) is -12.8. The monoisotopic (exact) mass is 328 g/mol. The normalized spacial score (nSPS) is 28.6. The highest BCUT2D eigenvalue weighted by Crippen LogP contribution is 2.36. The van der Waals surface area contributed by atoms with E-state index in [2.05, 4.69) is 14.2 Å². The van der Waals surface area contributed by atoms with Crippen LogP contribution < -0.4 is 0 Å². The first-order valence-electron chi connectivity index (χ1n) is 6.24. The third-order valence-electron chi connectivity index (χ3n) is 2.63. The molecule has 126 valence electrons. The van der Waals surface area contributed by atoms with Gasteiger partial charge in [0.2, 0.25) is 6.29 Å². The number of hydrogen-bond donors (Lipinski definition) is 0. The summed E-state index contributed by atoms with van der Waals surface area (Å²) in [6.45, 7) is 2.89. The van der Waals surface area contributed by atoms with E-state index in [4.69, 9.17) is 4.74 Å². The van der Waals surface area contributed by atoms with Gasteiger partial charge in [0, 0.05) is 20.8 Å². The average Bonchev–Trinajstić information content (AvgIpc) is 2.28. The predicted octanol–water partition coefficient (Wildman–Crippen LogP) is 1.09. The second kappa shape index (κ2) is 6.95. The predicted molar refractivity (Wildman–Crippen MR) is 62.2 cm³/mol. The molecule has 22 heavy (non-hydrogen) atoms. The molecule has 1 heterocycles. The van der Waals surface area contributed by atoms with Gasteiger partial charge in [-0.3, -0.25) is 14.4 Å². The summed E-state index contributed by atoms with van der Waals surface area (Å²) in [5, 5.41) is 0.